The number of aryl methyl sites for hydroxylation is 1. The van der Waals surface area contributed by atoms with Gasteiger partial charge in [0.1, 0.15) is 5.82 Å². The maximum atomic E-state index is 13.6. The summed E-state index contributed by atoms with van der Waals surface area (Å²) in [5.74, 6) is 1.14. The van der Waals surface area contributed by atoms with Crippen LogP contribution in [0.1, 0.15) is 46.2 Å². The van der Waals surface area contributed by atoms with Crippen molar-refractivity contribution in [2.75, 3.05) is 18.8 Å². The number of fused-ring (bicyclic) bond motifs is 1. The van der Waals surface area contributed by atoms with Crippen molar-refractivity contribution in [1.29, 1.82) is 0 Å². The van der Waals surface area contributed by atoms with Gasteiger partial charge in [-0.05, 0) is 43.5 Å². The number of rotatable bonds is 4. The molecule has 0 spiro atoms. The van der Waals surface area contributed by atoms with Gasteiger partial charge < -0.3 is 15.2 Å². The highest BCUT2D eigenvalue weighted by atomic mass is 16.2. The Morgan fingerprint density at radius 2 is 1.97 bits per heavy atom. The number of nitrogens with two attached hydrogens (primary N) is 1. The molecule has 2 N–H and O–H groups in total. The van der Waals surface area contributed by atoms with Crippen molar-refractivity contribution >= 4 is 22.5 Å². The van der Waals surface area contributed by atoms with Gasteiger partial charge in [-0.25, -0.2) is 4.98 Å². The van der Waals surface area contributed by atoms with Crippen molar-refractivity contribution < 1.29 is 4.79 Å². The number of imidazole rings is 1. The molecule has 2 aromatic carbocycles. The second kappa shape index (κ2) is 8.46. The van der Waals surface area contributed by atoms with Crippen molar-refractivity contribution in [3.05, 3.63) is 89.6 Å². The predicted octanol–water partition coefficient (Wildman–Crippen LogP) is 4.39. The minimum atomic E-state index is 0.0717. The summed E-state index contributed by atoms with van der Waals surface area (Å²) >= 11 is 0. The molecule has 0 bridgehead atoms. The second-order valence-electron chi connectivity index (χ2n) is 8.51. The van der Waals surface area contributed by atoms with E-state index in [2.05, 4.69) is 9.55 Å². The molecule has 1 fully saturated rings. The number of anilines is 1. The van der Waals surface area contributed by atoms with E-state index in [0.29, 0.717) is 18.8 Å². The molecule has 1 aliphatic rings. The summed E-state index contributed by atoms with van der Waals surface area (Å²) in [7, 11) is 0. The Morgan fingerprint density at radius 1 is 1.16 bits per heavy atom. The van der Waals surface area contributed by atoms with Gasteiger partial charge in [-0.15, -0.1) is 0 Å². The third-order valence-electron chi connectivity index (χ3n) is 6.39. The van der Waals surface area contributed by atoms with Gasteiger partial charge >= 0.3 is 0 Å². The van der Waals surface area contributed by atoms with E-state index in [1.54, 1.807) is 6.20 Å². The van der Waals surface area contributed by atoms with Gasteiger partial charge in [-0.1, -0.05) is 36.4 Å². The first kappa shape index (κ1) is 20.2. The number of benzene rings is 2. The average molecular weight is 426 g/mol. The third kappa shape index (κ3) is 3.84. The second-order valence-corrected chi connectivity index (χ2v) is 8.51. The van der Waals surface area contributed by atoms with E-state index in [-0.39, 0.29) is 11.8 Å². The Balaban J connectivity index is 1.40. The SMILES string of the molecule is Cc1nccn1Cc1ccccc1C(=O)N1CCC[C@H](c2nc3ccccc3cc2N)C1. The van der Waals surface area contributed by atoms with Gasteiger partial charge in [0.25, 0.3) is 5.91 Å². The molecule has 2 aromatic heterocycles. The molecule has 6 heteroatoms. The summed E-state index contributed by atoms with van der Waals surface area (Å²) in [5, 5.41) is 1.04. The Labute approximate surface area is 187 Å². The topological polar surface area (TPSA) is 77.0 Å². The largest absolute Gasteiger partial charge is 0.397 e. The van der Waals surface area contributed by atoms with Crippen molar-refractivity contribution in [2.45, 2.75) is 32.2 Å². The molecule has 0 radical (unpaired) electrons. The van der Waals surface area contributed by atoms with Gasteiger partial charge in [0, 0.05) is 48.9 Å². The number of amides is 1. The number of hydrogen-bond donors (Lipinski definition) is 1. The molecule has 4 aromatic rings. The summed E-state index contributed by atoms with van der Waals surface area (Å²) < 4.78 is 2.06. The first-order valence-corrected chi connectivity index (χ1v) is 11.1. The van der Waals surface area contributed by atoms with Gasteiger partial charge in [0.05, 0.1) is 16.9 Å². The van der Waals surface area contributed by atoms with E-state index in [1.165, 1.54) is 0 Å². The molecule has 5 rings (SSSR count). The van der Waals surface area contributed by atoms with Crippen LogP contribution >= 0.6 is 0 Å². The molecule has 1 amide bonds. The Morgan fingerprint density at radius 3 is 2.81 bits per heavy atom. The molecule has 0 aliphatic carbocycles. The quantitative estimate of drug-likeness (QED) is 0.526. The van der Waals surface area contributed by atoms with E-state index in [9.17, 15) is 4.79 Å². The van der Waals surface area contributed by atoms with Crippen LogP contribution < -0.4 is 5.73 Å². The van der Waals surface area contributed by atoms with E-state index in [4.69, 9.17) is 10.7 Å². The zero-order chi connectivity index (χ0) is 22.1. The number of carbonyl (C=O) groups excluding carboxylic acids is 1. The Hall–Kier alpha value is -3.67. The lowest BCUT2D eigenvalue weighted by atomic mass is 9.92. The fraction of sp³-hybridized carbons (Fsp3) is 0.269. The normalized spacial score (nSPS) is 16.4. The van der Waals surface area contributed by atoms with Gasteiger partial charge in [-0.2, -0.15) is 0 Å². The predicted molar refractivity (Wildman–Crippen MR) is 127 cm³/mol. The van der Waals surface area contributed by atoms with E-state index in [1.807, 2.05) is 72.6 Å². The summed E-state index contributed by atoms with van der Waals surface area (Å²) in [6.07, 6.45) is 5.65. The number of nitrogen functional groups attached to an aromatic ring is 1. The third-order valence-corrected chi connectivity index (χ3v) is 6.39. The molecule has 1 atom stereocenters. The van der Waals surface area contributed by atoms with E-state index >= 15 is 0 Å². The summed E-state index contributed by atoms with van der Waals surface area (Å²) in [6.45, 7) is 3.99. The molecule has 1 aliphatic heterocycles. The lowest BCUT2D eigenvalue weighted by Crippen LogP contribution is -2.40. The van der Waals surface area contributed by atoms with Crippen molar-refractivity contribution in [1.82, 2.24) is 19.4 Å². The van der Waals surface area contributed by atoms with E-state index in [0.717, 1.165) is 52.9 Å². The monoisotopic (exact) mass is 425 g/mol. The molecule has 0 saturated carbocycles. The first-order valence-electron chi connectivity index (χ1n) is 11.1. The number of aromatic nitrogens is 3. The van der Waals surface area contributed by atoms with Crippen LogP contribution in [-0.2, 0) is 6.54 Å². The Bertz CT molecular complexity index is 1280. The van der Waals surface area contributed by atoms with Crippen LogP contribution in [-0.4, -0.2) is 38.4 Å². The van der Waals surface area contributed by atoms with Gasteiger partial charge in [0.15, 0.2) is 0 Å². The highest BCUT2D eigenvalue weighted by Gasteiger charge is 2.28. The van der Waals surface area contributed by atoms with Crippen LogP contribution in [0.5, 0.6) is 0 Å². The smallest absolute Gasteiger partial charge is 0.254 e. The van der Waals surface area contributed by atoms with Crippen LogP contribution in [0.2, 0.25) is 0 Å². The number of para-hydroxylation sites is 1. The lowest BCUT2D eigenvalue weighted by molar-refractivity contribution is 0.0705. The maximum absolute atomic E-state index is 13.6. The lowest BCUT2D eigenvalue weighted by Gasteiger charge is -2.33. The van der Waals surface area contributed by atoms with Gasteiger partial charge in [0.2, 0.25) is 0 Å². The number of piperidine rings is 1. The van der Waals surface area contributed by atoms with Crippen LogP contribution in [0, 0.1) is 6.92 Å². The van der Waals surface area contributed by atoms with Crippen LogP contribution in [0.4, 0.5) is 5.69 Å². The molecule has 3 heterocycles. The number of pyridine rings is 1. The maximum Gasteiger partial charge on any atom is 0.254 e. The van der Waals surface area contributed by atoms with Gasteiger partial charge in [-0.3, -0.25) is 9.78 Å². The zero-order valence-corrected chi connectivity index (χ0v) is 18.2. The molecule has 6 nitrogen and oxygen atoms in total. The fourth-order valence-corrected chi connectivity index (χ4v) is 4.65. The van der Waals surface area contributed by atoms with Crippen molar-refractivity contribution in [3.8, 4) is 0 Å². The number of nitrogens with zero attached hydrogens (tertiary/aromatic N) is 4. The summed E-state index contributed by atoms with van der Waals surface area (Å²) in [6, 6.07) is 17.9. The molecule has 0 unspecified atom stereocenters. The minimum Gasteiger partial charge on any atom is -0.397 e. The molecule has 1 saturated heterocycles. The van der Waals surface area contributed by atoms with Crippen LogP contribution in [0.25, 0.3) is 10.9 Å². The molecule has 32 heavy (non-hydrogen) atoms. The summed E-state index contributed by atoms with van der Waals surface area (Å²) in [5.41, 5.74) is 10.7. The number of hydrogen-bond acceptors (Lipinski definition) is 4. The van der Waals surface area contributed by atoms with Crippen molar-refractivity contribution in [2.24, 2.45) is 0 Å². The zero-order valence-electron chi connectivity index (χ0n) is 18.2. The molecule has 162 valence electrons. The first-order chi connectivity index (χ1) is 15.6. The van der Waals surface area contributed by atoms with E-state index < -0.39 is 0 Å². The summed E-state index contributed by atoms with van der Waals surface area (Å²) in [4.78, 5) is 24.7. The highest BCUT2D eigenvalue weighted by molar-refractivity contribution is 5.96. The van der Waals surface area contributed by atoms with Crippen LogP contribution in [0.3, 0.4) is 0 Å². The standard InChI is InChI=1S/C26H27N5O/c1-18-28-12-14-30(18)16-20-8-2-4-10-22(20)26(32)31-13-6-9-21(17-31)25-23(27)15-19-7-3-5-11-24(19)29-25/h2-5,7-8,10-12,14-15,21H,6,9,13,16-17,27H2,1H3/t21-/m0/s1. The number of carbonyl (C=O) groups is 1. The molecular formula is C26H27N5O. The van der Waals surface area contributed by atoms with Crippen LogP contribution in [0.15, 0.2) is 67.0 Å². The Kier molecular flexibility index (Phi) is 5.35. The highest BCUT2D eigenvalue weighted by Crippen LogP contribution is 2.32. The average Bonchev–Trinajstić information content (AvgIpc) is 3.23. The molecular weight excluding hydrogens is 398 g/mol. The van der Waals surface area contributed by atoms with Crippen molar-refractivity contribution in [3.63, 3.8) is 0 Å². The fourth-order valence-electron chi connectivity index (χ4n) is 4.65. The number of likely N-dealkylation sites (tertiary alicyclic amines) is 1. The minimum absolute atomic E-state index is 0.0717.